The lowest BCUT2D eigenvalue weighted by molar-refractivity contribution is 0.201. The molecule has 0 fully saturated rings. The maximum atomic E-state index is 13.0. The SMILES string of the molecule is CCc1ccc(NC(=O)N(Cc2ccc(OC)c(OC)c2)Cc2ccco2)cc1. The molecule has 0 aliphatic rings. The molecule has 2 aromatic carbocycles. The summed E-state index contributed by atoms with van der Waals surface area (Å²) < 4.78 is 16.1. The molecule has 0 saturated heterocycles. The van der Waals surface area contributed by atoms with Gasteiger partial charge in [-0.2, -0.15) is 0 Å². The van der Waals surface area contributed by atoms with Crippen molar-refractivity contribution in [3.8, 4) is 11.5 Å². The second-order valence-electron chi connectivity index (χ2n) is 6.61. The number of ether oxygens (including phenoxy) is 2. The second kappa shape index (κ2) is 9.68. The molecule has 0 atom stereocenters. The van der Waals surface area contributed by atoms with Gasteiger partial charge in [0.2, 0.25) is 0 Å². The summed E-state index contributed by atoms with van der Waals surface area (Å²) in [7, 11) is 3.19. The highest BCUT2D eigenvalue weighted by atomic mass is 16.5. The number of hydrogen-bond donors (Lipinski definition) is 1. The number of aryl methyl sites for hydroxylation is 1. The van der Waals surface area contributed by atoms with Gasteiger partial charge >= 0.3 is 6.03 Å². The van der Waals surface area contributed by atoms with E-state index < -0.39 is 0 Å². The summed E-state index contributed by atoms with van der Waals surface area (Å²) in [5.74, 6) is 1.98. The van der Waals surface area contributed by atoms with Gasteiger partial charge in [-0.3, -0.25) is 0 Å². The van der Waals surface area contributed by atoms with Crippen LogP contribution in [0.3, 0.4) is 0 Å². The molecule has 1 N–H and O–H groups in total. The first-order chi connectivity index (χ1) is 14.1. The lowest BCUT2D eigenvalue weighted by Gasteiger charge is -2.23. The van der Waals surface area contributed by atoms with E-state index in [4.69, 9.17) is 13.9 Å². The van der Waals surface area contributed by atoms with Gasteiger partial charge in [-0.05, 0) is 53.9 Å². The topological polar surface area (TPSA) is 63.9 Å². The number of urea groups is 1. The number of furan rings is 1. The van der Waals surface area contributed by atoms with Crippen LogP contribution in [0.25, 0.3) is 0 Å². The van der Waals surface area contributed by atoms with E-state index in [9.17, 15) is 4.79 Å². The Morgan fingerprint density at radius 2 is 1.69 bits per heavy atom. The fourth-order valence-electron chi connectivity index (χ4n) is 3.02. The Kier molecular flexibility index (Phi) is 6.79. The van der Waals surface area contributed by atoms with Crippen molar-refractivity contribution in [2.45, 2.75) is 26.4 Å². The quantitative estimate of drug-likeness (QED) is 0.578. The monoisotopic (exact) mass is 394 g/mol. The number of hydrogen-bond acceptors (Lipinski definition) is 4. The van der Waals surface area contributed by atoms with Crippen molar-refractivity contribution in [1.82, 2.24) is 4.90 Å². The molecule has 0 saturated carbocycles. The Morgan fingerprint density at radius 1 is 0.966 bits per heavy atom. The van der Waals surface area contributed by atoms with Crippen LogP contribution >= 0.6 is 0 Å². The zero-order chi connectivity index (χ0) is 20.6. The van der Waals surface area contributed by atoms with E-state index in [0.29, 0.717) is 30.3 Å². The smallest absolute Gasteiger partial charge is 0.322 e. The minimum atomic E-state index is -0.208. The van der Waals surface area contributed by atoms with Gasteiger partial charge < -0.3 is 24.1 Å². The Morgan fingerprint density at radius 3 is 2.31 bits per heavy atom. The van der Waals surface area contributed by atoms with Gasteiger partial charge in [0.25, 0.3) is 0 Å². The van der Waals surface area contributed by atoms with Gasteiger partial charge in [-0.15, -0.1) is 0 Å². The van der Waals surface area contributed by atoms with Crippen molar-refractivity contribution in [2.24, 2.45) is 0 Å². The minimum absolute atomic E-state index is 0.208. The standard InChI is InChI=1S/C23H26N2O4/c1-4-17-7-10-19(11-8-17)24-23(26)25(16-20-6-5-13-29-20)15-18-9-12-21(27-2)22(14-18)28-3/h5-14H,4,15-16H2,1-3H3,(H,24,26). The van der Waals surface area contributed by atoms with Gasteiger partial charge in [0.15, 0.2) is 11.5 Å². The molecule has 6 nitrogen and oxygen atoms in total. The van der Waals surface area contributed by atoms with Gasteiger partial charge in [0, 0.05) is 12.2 Å². The Hall–Kier alpha value is -3.41. The third-order valence-corrected chi connectivity index (χ3v) is 4.65. The average molecular weight is 394 g/mol. The number of anilines is 1. The van der Waals surface area contributed by atoms with E-state index in [1.54, 1.807) is 25.4 Å². The zero-order valence-electron chi connectivity index (χ0n) is 17.0. The van der Waals surface area contributed by atoms with Crippen LogP contribution in [0, 0.1) is 0 Å². The molecule has 6 heteroatoms. The number of carbonyl (C=O) groups excluding carboxylic acids is 1. The second-order valence-corrected chi connectivity index (χ2v) is 6.61. The minimum Gasteiger partial charge on any atom is -0.493 e. The molecule has 0 unspecified atom stereocenters. The Labute approximate surface area is 171 Å². The largest absolute Gasteiger partial charge is 0.493 e. The van der Waals surface area contributed by atoms with E-state index in [-0.39, 0.29) is 6.03 Å². The Bertz CT molecular complexity index is 921. The van der Waals surface area contributed by atoms with Crippen LogP contribution in [-0.4, -0.2) is 25.2 Å². The summed E-state index contributed by atoms with van der Waals surface area (Å²) in [4.78, 5) is 14.7. The van der Waals surface area contributed by atoms with E-state index in [1.807, 2.05) is 54.6 Å². The highest BCUT2D eigenvalue weighted by Gasteiger charge is 2.17. The molecule has 0 aliphatic heterocycles. The van der Waals surface area contributed by atoms with Crippen LogP contribution in [-0.2, 0) is 19.5 Å². The van der Waals surface area contributed by atoms with Crippen molar-refractivity contribution in [1.29, 1.82) is 0 Å². The van der Waals surface area contributed by atoms with Gasteiger partial charge in [0.1, 0.15) is 5.76 Å². The highest BCUT2D eigenvalue weighted by Crippen LogP contribution is 2.28. The Balaban J connectivity index is 1.79. The first-order valence-corrected chi connectivity index (χ1v) is 9.51. The number of amides is 2. The van der Waals surface area contributed by atoms with Crippen molar-refractivity contribution in [3.05, 3.63) is 77.7 Å². The normalized spacial score (nSPS) is 10.4. The molecule has 29 heavy (non-hydrogen) atoms. The van der Waals surface area contributed by atoms with Crippen molar-refractivity contribution in [2.75, 3.05) is 19.5 Å². The van der Waals surface area contributed by atoms with Crippen molar-refractivity contribution in [3.63, 3.8) is 0 Å². The van der Waals surface area contributed by atoms with Crippen molar-refractivity contribution < 1.29 is 18.7 Å². The van der Waals surface area contributed by atoms with Crippen LogP contribution < -0.4 is 14.8 Å². The summed E-state index contributed by atoms with van der Waals surface area (Å²) in [6.07, 6.45) is 2.56. The van der Waals surface area contributed by atoms with E-state index in [2.05, 4.69) is 12.2 Å². The lowest BCUT2D eigenvalue weighted by atomic mass is 10.1. The summed E-state index contributed by atoms with van der Waals surface area (Å²) in [6, 6.07) is 16.9. The number of carbonyl (C=O) groups is 1. The van der Waals surface area contributed by atoms with E-state index >= 15 is 0 Å². The van der Waals surface area contributed by atoms with Crippen molar-refractivity contribution >= 4 is 11.7 Å². The molecule has 0 radical (unpaired) electrons. The van der Waals surface area contributed by atoms with Crippen LogP contribution in [0.15, 0.2) is 65.3 Å². The first-order valence-electron chi connectivity index (χ1n) is 9.51. The first kappa shape index (κ1) is 20.3. The molecular weight excluding hydrogens is 368 g/mol. The molecule has 152 valence electrons. The zero-order valence-corrected chi connectivity index (χ0v) is 17.0. The summed E-state index contributed by atoms with van der Waals surface area (Å²) in [5.41, 5.74) is 2.90. The van der Waals surface area contributed by atoms with E-state index in [1.165, 1.54) is 5.56 Å². The highest BCUT2D eigenvalue weighted by molar-refractivity contribution is 5.89. The fourth-order valence-corrected chi connectivity index (χ4v) is 3.02. The summed E-state index contributed by atoms with van der Waals surface area (Å²) in [6.45, 7) is 2.84. The molecule has 0 spiro atoms. The molecule has 1 heterocycles. The number of benzene rings is 2. The predicted octanol–water partition coefficient (Wildman–Crippen LogP) is 5.09. The third-order valence-electron chi connectivity index (χ3n) is 4.65. The van der Waals surface area contributed by atoms with E-state index in [0.717, 1.165) is 17.7 Å². The lowest BCUT2D eigenvalue weighted by Crippen LogP contribution is -2.34. The number of nitrogens with one attached hydrogen (secondary N) is 1. The molecule has 3 aromatic rings. The molecule has 0 aliphatic carbocycles. The van der Waals surface area contributed by atoms with Gasteiger partial charge in [-0.1, -0.05) is 25.1 Å². The number of rotatable bonds is 8. The molecule has 1 aromatic heterocycles. The van der Waals surface area contributed by atoms with Crippen LogP contribution in [0.5, 0.6) is 11.5 Å². The van der Waals surface area contributed by atoms with Gasteiger partial charge in [0.05, 0.1) is 27.0 Å². The molecule has 3 rings (SSSR count). The predicted molar refractivity (Wildman–Crippen MR) is 112 cm³/mol. The number of methoxy groups -OCH3 is 2. The average Bonchev–Trinajstić information content (AvgIpc) is 3.26. The molecular formula is C23H26N2O4. The van der Waals surface area contributed by atoms with Crippen LogP contribution in [0.1, 0.15) is 23.8 Å². The number of nitrogens with zero attached hydrogens (tertiary/aromatic N) is 1. The maximum absolute atomic E-state index is 13.0. The molecule has 0 bridgehead atoms. The van der Waals surface area contributed by atoms with Crippen LogP contribution in [0.2, 0.25) is 0 Å². The van der Waals surface area contributed by atoms with Gasteiger partial charge in [-0.25, -0.2) is 4.79 Å². The van der Waals surface area contributed by atoms with Crippen LogP contribution in [0.4, 0.5) is 10.5 Å². The molecule has 2 amide bonds. The summed E-state index contributed by atoms with van der Waals surface area (Å²) in [5, 5.41) is 2.97. The fraction of sp³-hybridized carbons (Fsp3) is 0.261. The third kappa shape index (κ3) is 5.31. The maximum Gasteiger partial charge on any atom is 0.322 e. The summed E-state index contributed by atoms with van der Waals surface area (Å²) >= 11 is 0.